The zero-order valence-corrected chi connectivity index (χ0v) is 20.5. The fourth-order valence-corrected chi connectivity index (χ4v) is 4.35. The molecular weight excluding hydrogens is 412 g/mol. The monoisotopic (exact) mass is 446 g/mol. The lowest BCUT2D eigenvalue weighted by Crippen LogP contribution is -2.44. The molecule has 170 valence electrons. The summed E-state index contributed by atoms with van der Waals surface area (Å²) >= 11 is 1.19. The van der Waals surface area contributed by atoms with Crippen molar-refractivity contribution < 1.29 is 19.1 Å². The highest BCUT2D eigenvalue weighted by atomic mass is 32.1. The highest BCUT2D eigenvalue weighted by molar-refractivity contribution is 7.15. The normalized spacial score (nSPS) is 18.5. The molecule has 1 aromatic heterocycles. The number of hydrogen-bond acceptors (Lipinski definition) is 5. The third-order valence-corrected chi connectivity index (χ3v) is 6.38. The topological polar surface area (TPSA) is 66.9 Å². The minimum atomic E-state index is -0.531. The van der Waals surface area contributed by atoms with Gasteiger partial charge in [-0.05, 0) is 58.4 Å². The molecule has 6 nitrogen and oxygen atoms in total. The lowest BCUT2D eigenvalue weighted by atomic mass is 9.82. The zero-order valence-electron chi connectivity index (χ0n) is 19.7. The maximum atomic E-state index is 13.5. The number of likely N-dealkylation sites (N-methyl/N-ethyl adjacent to an activating group) is 1. The molecule has 1 heterocycles. The summed E-state index contributed by atoms with van der Waals surface area (Å²) in [5.74, 6) is 5.87. The number of hydrogen-bond donors (Lipinski definition) is 0. The molecule has 0 unspecified atom stereocenters. The molecule has 0 N–H and O–H groups in total. The number of methoxy groups -OCH3 is 1. The number of anilines is 1. The van der Waals surface area contributed by atoms with Crippen molar-refractivity contribution >= 4 is 34.8 Å². The summed E-state index contributed by atoms with van der Waals surface area (Å²) < 4.78 is 4.97. The van der Waals surface area contributed by atoms with Crippen LogP contribution in [0, 0.1) is 29.1 Å². The third kappa shape index (κ3) is 6.83. The van der Waals surface area contributed by atoms with Crippen molar-refractivity contribution in [2.45, 2.75) is 53.4 Å². The van der Waals surface area contributed by atoms with Gasteiger partial charge in [-0.2, -0.15) is 0 Å². The van der Waals surface area contributed by atoms with Gasteiger partial charge in [-0.25, -0.2) is 4.79 Å². The van der Waals surface area contributed by atoms with E-state index in [1.165, 1.54) is 28.2 Å². The van der Waals surface area contributed by atoms with Crippen LogP contribution < -0.4 is 4.90 Å². The summed E-state index contributed by atoms with van der Waals surface area (Å²) in [7, 11) is 4.62. The maximum absolute atomic E-state index is 13.5. The van der Waals surface area contributed by atoms with Crippen LogP contribution in [0.15, 0.2) is 6.07 Å². The van der Waals surface area contributed by atoms with E-state index >= 15 is 0 Å². The van der Waals surface area contributed by atoms with Crippen molar-refractivity contribution in [2.75, 3.05) is 32.6 Å². The van der Waals surface area contributed by atoms with Gasteiger partial charge in [-0.15, -0.1) is 11.3 Å². The first-order valence-corrected chi connectivity index (χ1v) is 11.5. The Bertz CT molecular complexity index is 878. The quantitative estimate of drug-likeness (QED) is 0.503. The SMILES string of the molecule is COC(=O)c1sc(C#CC(C)(C)C)cc1N(CC(=O)N(C)C)C(=O)[C@H]1CC[C@H](C)CC1. The number of thiophene rings is 1. The first-order valence-electron chi connectivity index (χ1n) is 10.7. The number of ether oxygens (including phenoxy) is 1. The summed E-state index contributed by atoms with van der Waals surface area (Å²) in [4.78, 5) is 42.5. The van der Waals surface area contributed by atoms with Crippen LogP contribution in [0.4, 0.5) is 5.69 Å². The van der Waals surface area contributed by atoms with Crippen LogP contribution >= 0.6 is 11.3 Å². The van der Waals surface area contributed by atoms with Crippen molar-refractivity contribution in [2.24, 2.45) is 17.3 Å². The van der Waals surface area contributed by atoms with Gasteiger partial charge in [-0.1, -0.05) is 18.8 Å². The summed E-state index contributed by atoms with van der Waals surface area (Å²) in [5.41, 5.74) is 0.207. The van der Waals surface area contributed by atoms with E-state index in [0.29, 0.717) is 21.4 Å². The number of nitrogens with zero attached hydrogens (tertiary/aromatic N) is 2. The van der Waals surface area contributed by atoms with Crippen molar-refractivity contribution in [3.63, 3.8) is 0 Å². The number of esters is 1. The highest BCUT2D eigenvalue weighted by Crippen LogP contribution is 2.35. The van der Waals surface area contributed by atoms with Crippen molar-refractivity contribution in [3.05, 3.63) is 15.8 Å². The van der Waals surface area contributed by atoms with E-state index in [4.69, 9.17) is 4.74 Å². The minimum Gasteiger partial charge on any atom is -0.465 e. The predicted molar refractivity (Wildman–Crippen MR) is 124 cm³/mol. The van der Waals surface area contributed by atoms with Gasteiger partial charge in [0.15, 0.2) is 0 Å². The van der Waals surface area contributed by atoms with Crippen LogP contribution in [0.1, 0.15) is 67.9 Å². The lowest BCUT2D eigenvalue weighted by molar-refractivity contribution is -0.130. The summed E-state index contributed by atoms with van der Waals surface area (Å²) in [6.45, 7) is 8.09. The van der Waals surface area contributed by atoms with E-state index in [1.54, 1.807) is 20.2 Å². The van der Waals surface area contributed by atoms with Crippen molar-refractivity contribution in [1.29, 1.82) is 0 Å². The fourth-order valence-electron chi connectivity index (χ4n) is 3.42. The van der Waals surface area contributed by atoms with Crippen LogP contribution in [0.3, 0.4) is 0 Å². The highest BCUT2D eigenvalue weighted by Gasteiger charge is 2.33. The second-order valence-electron chi connectivity index (χ2n) is 9.49. The molecule has 0 atom stereocenters. The first kappa shape index (κ1) is 24.9. The molecule has 1 saturated carbocycles. The molecular formula is C24H34N2O4S. The van der Waals surface area contributed by atoms with Gasteiger partial charge < -0.3 is 14.5 Å². The number of carbonyl (C=O) groups is 3. The molecule has 1 aromatic rings. The Labute approximate surface area is 189 Å². The predicted octanol–water partition coefficient (Wildman–Crippen LogP) is 4.18. The van der Waals surface area contributed by atoms with Gasteiger partial charge >= 0.3 is 5.97 Å². The van der Waals surface area contributed by atoms with Crippen LogP contribution in [0.25, 0.3) is 0 Å². The Balaban J connectivity index is 2.50. The molecule has 0 saturated heterocycles. The molecule has 31 heavy (non-hydrogen) atoms. The average molecular weight is 447 g/mol. The van der Waals surface area contributed by atoms with E-state index in [1.807, 2.05) is 20.8 Å². The van der Waals surface area contributed by atoms with Gasteiger partial charge in [0.2, 0.25) is 11.8 Å². The first-order chi connectivity index (χ1) is 14.4. The Morgan fingerprint density at radius 3 is 2.29 bits per heavy atom. The second-order valence-corrected chi connectivity index (χ2v) is 10.5. The van der Waals surface area contributed by atoms with Crippen LogP contribution in [-0.4, -0.2) is 50.4 Å². The van der Waals surface area contributed by atoms with Gasteiger partial charge in [0.25, 0.3) is 0 Å². The Morgan fingerprint density at radius 1 is 1.16 bits per heavy atom. The molecule has 2 amide bonds. The summed E-state index contributed by atoms with van der Waals surface area (Å²) in [6, 6.07) is 1.74. The average Bonchev–Trinajstić information content (AvgIpc) is 3.13. The third-order valence-electron chi connectivity index (χ3n) is 5.36. The van der Waals surface area contributed by atoms with Crippen molar-refractivity contribution in [3.8, 4) is 11.8 Å². The minimum absolute atomic E-state index is 0.111. The largest absolute Gasteiger partial charge is 0.465 e. The number of rotatable bonds is 5. The molecule has 1 aliphatic carbocycles. The maximum Gasteiger partial charge on any atom is 0.350 e. The van der Waals surface area contributed by atoms with E-state index < -0.39 is 5.97 Å². The Kier molecular flexibility index (Phi) is 8.30. The van der Waals surface area contributed by atoms with E-state index in [0.717, 1.165) is 25.7 Å². The smallest absolute Gasteiger partial charge is 0.350 e. The van der Waals surface area contributed by atoms with Gasteiger partial charge in [0.05, 0.1) is 17.7 Å². The standard InChI is InChI=1S/C24H34N2O4S/c1-16-8-10-17(11-9-16)22(28)26(15-20(27)25(5)6)19-14-18(12-13-24(2,3)4)31-21(19)23(29)30-7/h14,16-17H,8-11,15H2,1-7H3/t16-,17-. The molecule has 1 fully saturated rings. The molecule has 1 aliphatic rings. The van der Waals surface area contributed by atoms with Crippen LogP contribution in [0.2, 0.25) is 0 Å². The Morgan fingerprint density at radius 2 is 1.77 bits per heavy atom. The molecule has 0 radical (unpaired) electrons. The van der Waals surface area contributed by atoms with Crippen molar-refractivity contribution in [1.82, 2.24) is 4.90 Å². The van der Waals surface area contributed by atoms with Crippen LogP contribution in [0.5, 0.6) is 0 Å². The summed E-state index contributed by atoms with van der Waals surface area (Å²) in [6.07, 6.45) is 3.56. The molecule has 0 aromatic carbocycles. The lowest BCUT2D eigenvalue weighted by Gasteiger charge is -2.31. The van der Waals surface area contributed by atoms with E-state index in [-0.39, 0.29) is 29.7 Å². The fraction of sp³-hybridized carbons (Fsp3) is 0.625. The van der Waals surface area contributed by atoms with Gasteiger partial charge in [0.1, 0.15) is 11.4 Å². The molecule has 2 rings (SSSR count). The molecule has 0 aliphatic heterocycles. The summed E-state index contributed by atoms with van der Waals surface area (Å²) in [5, 5.41) is 0. The van der Waals surface area contributed by atoms with Gasteiger partial charge in [-0.3, -0.25) is 9.59 Å². The molecule has 0 spiro atoms. The Hall–Kier alpha value is -2.33. The van der Waals surface area contributed by atoms with E-state index in [9.17, 15) is 14.4 Å². The zero-order chi connectivity index (χ0) is 23.3. The number of amides is 2. The van der Waals surface area contributed by atoms with Crippen LogP contribution in [-0.2, 0) is 14.3 Å². The molecule has 0 bridgehead atoms. The number of carbonyl (C=O) groups excluding carboxylic acids is 3. The molecule has 7 heteroatoms. The van der Waals surface area contributed by atoms with Gasteiger partial charge in [0, 0.05) is 25.4 Å². The van der Waals surface area contributed by atoms with E-state index in [2.05, 4.69) is 18.8 Å². The second kappa shape index (κ2) is 10.3.